The summed E-state index contributed by atoms with van der Waals surface area (Å²) in [5, 5.41) is 6.85. The lowest BCUT2D eigenvalue weighted by molar-refractivity contribution is 0.115. The van der Waals surface area contributed by atoms with E-state index in [-0.39, 0.29) is 24.0 Å². The van der Waals surface area contributed by atoms with Crippen LogP contribution in [0.15, 0.2) is 4.99 Å². The number of aliphatic imine (C=N–C) groups is 1. The average molecular weight is 410 g/mol. The lowest BCUT2D eigenvalue weighted by Crippen LogP contribution is -2.50. The van der Waals surface area contributed by atoms with Crippen molar-refractivity contribution < 1.29 is 0 Å². The summed E-state index contributed by atoms with van der Waals surface area (Å²) >= 11 is 0. The first-order valence-electron chi connectivity index (χ1n) is 8.24. The van der Waals surface area contributed by atoms with Crippen LogP contribution in [-0.4, -0.2) is 49.6 Å². The summed E-state index contributed by atoms with van der Waals surface area (Å²) in [4.78, 5) is 6.92. The molecule has 0 bridgehead atoms. The number of guanidine groups is 1. The van der Waals surface area contributed by atoms with Gasteiger partial charge in [0.15, 0.2) is 5.96 Å². The molecule has 1 fully saturated rings. The topological polar surface area (TPSA) is 39.7 Å². The molecule has 2 atom stereocenters. The molecular weight excluding hydrogens is 375 g/mol. The summed E-state index contributed by atoms with van der Waals surface area (Å²) in [5.41, 5.74) is 0. The van der Waals surface area contributed by atoms with Gasteiger partial charge in [-0.15, -0.1) is 24.0 Å². The van der Waals surface area contributed by atoms with Gasteiger partial charge in [0.2, 0.25) is 0 Å². The lowest BCUT2D eigenvalue weighted by atomic mass is 10.0. The molecule has 4 nitrogen and oxygen atoms in total. The first kappa shape index (κ1) is 21.0. The van der Waals surface area contributed by atoms with E-state index in [2.05, 4.69) is 48.2 Å². The largest absolute Gasteiger partial charge is 0.356 e. The zero-order valence-corrected chi connectivity index (χ0v) is 16.8. The number of hydrogen-bond donors (Lipinski definition) is 2. The van der Waals surface area contributed by atoms with Crippen molar-refractivity contribution >= 4 is 29.9 Å². The molecule has 0 aliphatic carbocycles. The van der Waals surface area contributed by atoms with Crippen molar-refractivity contribution in [3.8, 4) is 0 Å². The Labute approximate surface area is 148 Å². The minimum Gasteiger partial charge on any atom is -0.356 e. The smallest absolute Gasteiger partial charge is 0.191 e. The highest BCUT2D eigenvalue weighted by Crippen LogP contribution is 2.18. The second kappa shape index (κ2) is 11.5. The minimum absolute atomic E-state index is 0. The molecule has 5 heteroatoms. The normalized spacial score (nSPS) is 21.8. The number of hydrogen-bond acceptors (Lipinski definition) is 2. The Morgan fingerprint density at radius 1 is 1.24 bits per heavy atom. The summed E-state index contributed by atoms with van der Waals surface area (Å²) in [7, 11) is 1.85. The molecule has 21 heavy (non-hydrogen) atoms. The molecule has 1 saturated heterocycles. The molecule has 1 aliphatic rings. The van der Waals surface area contributed by atoms with Crippen LogP contribution in [0.25, 0.3) is 0 Å². The highest BCUT2D eigenvalue weighted by atomic mass is 127. The molecule has 2 N–H and O–H groups in total. The van der Waals surface area contributed by atoms with Crippen LogP contribution in [0.5, 0.6) is 0 Å². The Morgan fingerprint density at radius 2 is 1.95 bits per heavy atom. The van der Waals surface area contributed by atoms with E-state index < -0.39 is 0 Å². The van der Waals surface area contributed by atoms with Crippen LogP contribution in [0, 0.1) is 5.92 Å². The molecule has 0 saturated carbocycles. The van der Waals surface area contributed by atoms with Crippen molar-refractivity contribution in [3.63, 3.8) is 0 Å². The van der Waals surface area contributed by atoms with Crippen LogP contribution in [0.1, 0.15) is 53.4 Å². The number of rotatable bonds is 6. The van der Waals surface area contributed by atoms with Gasteiger partial charge >= 0.3 is 0 Å². The Balaban J connectivity index is 0.00000400. The molecule has 0 aromatic rings. The van der Waals surface area contributed by atoms with Crippen LogP contribution in [0.4, 0.5) is 0 Å². The summed E-state index contributed by atoms with van der Waals surface area (Å²) in [5.74, 6) is 1.66. The average Bonchev–Trinajstić information content (AvgIpc) is 2.42. The van der Waals surface area contributed by atoms with Crippen LogP contribution in [0.3, 0.4) is 0 Å². The predicted molar refractivity (Wildman–Crippen MR) is 104 cm³/mol. The molecule has 1 rings (SSSR count). The Morgan fingerprint density at radius 3 is 2.52 bits per heavy atom. The monoisotopic (exact) mass is 410 g/mol. The van der Waals surface area contributed by atoms with Gasteiger partial charge in [-0.25, -0.2) is 0 Å². The fraction of sp³-hybridized carbons (Fsp3) is 0.938. The van der Waals surface area contributed by atoms with Gasteiger partial charge in [0.1, 0.15) is 0 Å². The highest BCUT2D eigenvalue weighted by Gasteiger charge is 2.22. The van der Waals surface area contributed by atoms with Crippen molar-refractivity contribution in [2.45, 2.75) is 65.5 Å². The van der Waals surface area contributed by atoms with E-state index in [9.17, 15) is 0 Å². The van der Waals surface area contributed by atoms with E-state index in [4.69, 9.17) is 0 Å². The Kier molecular flexibility index (Phi) is 11.5. The number of likely N-dealkylation sites (tertiary alicyclic amines) is 1. The third-order valence-electron chi connectivity index (χ3n) is 4.22. The van der Waals surface area contributed by atoms with Gasteiger partial charge in [0.05, 0.1) is 0 Å². The molecule has 0 amide bonds. The molecular formula is C16H35IN4. The molecule has 1 aliphatic heterocycles. The zero-order valence-electron chi connectivity index (χ0n) is 14.5. The van der Waals surface area contributed by atoms with E-state index in [1.165, 1.54) is 32.2 Å². The van der Waals surface area contributed by atoms with E-state index in [0.29, 0.717) is 6.04 Å². The van der Waals surface area contributed by atoms with Gasteiger partial charge in [-0.05, 0) is 45.6 Å². The van der Waals surface area contributed by atoms with E-state index in [0.717, 1.165) is 31.0 Å². The molecule has 0 radical (unpaired) electrons. The van der Waals surface area contributed by atoms with Gasteiger partial charge < -0.3 is 10.6 Å². The molecule has 126 valence electrons. The third-order valence-corrected chi connectivity index (χ3v) is 4.22. The lowest BCUT2D eigenvalue weighted by Gasteiger charge is -2.38. The van der Waals surface area contributed by atoms with Crippen LogP contribution >= 0.6 is 24.0 Å². The van der Waals surface area contributed by atoms with Crippen molar-refractivity contribution in [2.24, 2.45) is 10.9 Å². The molecule has 2 unspecified atom stereocenters. The SMILES string of the molecule is CN=C(NCCC(C)C)NCC(C)N1CCCCC1C.I. The molecule has 0 aromatic carbocycles. The van der Waals surface area contributed by atoms with Crippen LogP contribution in [-0.2, 0) is 0 Å². The second-order valence-corrected chi connectivity index (χ2v) is 6.49. The Bertz CT molecular complexity index is 294. The van der Waals surface area contributed by atoms with Gasteiger partial charge in [0, 0.05) is 32.2 Å². The van der Waals surface area contributed by atoms with Crippen molar-refractivity contribution in [2.75, 3.05) is 26.7 Å². The maximum atomic E-state index is 4.30. The van der Waals surface area contributed by atoms with Crippen molar-refractivity contribution in [1.82, 2.24) is 15.5 Å². The number of nitrogens with zero attached hydrogens (tertiary/aromatic N) is 2. The summed E-state index contributed by atoms with van der Waals surface area (Å²) in [6.07, 6.45) is 5.25. The highest BCUT2D eigenvalue weighted by molar-refractivity contribution is 14.0. The zero-order chi connectivity index (χ0) is 15.0. The van der Waals surface area contributed by atoms with Gasteiger partial charge in [-0.3, -0.25) is 9.89 Å². The minimum atomic E-state index is 0. The van der Waals surface area contributed by atoms with Crippen LogP contribution in [0.2, 0.25) is 0 Å². The van der Waals surface area contributed by atoms with E-state index >= 15 is 0 Å². The number of halogens is 1. The Hall–Kier alpha value is -0.0400. The fourth-order valence-corrected chi connectivity index (χ4v) is 2.84. The van der Waals surface area contributed by atoms with Crippen LogP contribution < -0.4 is 10.6 Å². The maximum absolute atomic E-state index is 4.30. The number of nitrogens with one attached hydrogen (secondary N) is 2. The summed E-state index contributed by atoms with van der Waals surface area (Å²) < 4.78 is 0. The van der Waals surface area contributed by atoms with Gasteiger partial charge in [-0.1, -0.05) is 20.3 Å². The van der Waals surface area contributed by atoms with Crippen molar-refractivity contribution in [3.05, 3.63) is 0 Å². The van der Waals surface area contributed by atoms with Gasteiger partial charge in [-0.2, -0.15) is 0 Å². The predicted octanol–water partition coefficient (Wildman–Crippen LogP) is 3.08. The molecule has 0 aromatic heterocycles. The first-order chi connectivity index (χ1) is 9.54. The second-order valence-electron chi connectivity index (χ2n) is 6.49. The first-order valence-corrected chi connectivity index (χ1v) is 8.24. The number of piperidine rings is 1. The van der Waals surface area contributed by atoms with Gasteiger partial charge in [0.25, 0.3) is 0 Å². The van der Waals surface area contributed by atoms with E-state index in [1.54, 1.807) is 0 Å². The van der Waals surface area contributed by atoms with E-state index in [1.807, 2.05) is 7.05 Å². The summed E-state index contributed by atoms with van der Waals surface area (Å²) in [6.45, 7) is 12.4. The fourth-order valence-electron chi connectivity index (χ4n) is 2.84. The quantitative estimate of drug-likeness (QED) is 0.402. The summed E-state index contributed by atoms with van der Waals surface area (Å²) in [6, 6.07) is 1.28. The standard InChI is InChI=1S/C16H34N4.HI/c1-13(2)9-10-18-16(17-5)19-12-15(4)20-11-7-6-8-14(20)3;/h13-15H,6-12H2,1-5H3,(H2,17,18,19);1H. The molecule has 0 spiro atoms. The molecule has 1 heterocycles. The third kappa shape index (κ3) is 8.24. The van der Waals surface area contributed by atoms with Crippen molar-refractivity contribution in [1.29, 1.82) is 0 Å². The maximum Gasteiger partial charge on any atom is 0.191 e.